The van der Waals surface area contributed by atoms with Crippen LogP contribution in [0.1, 0.15) is 42.3 Å². The number of esters is 1. The van der Waals surface area contributed by atoms with Crippen LogP contribution >= 0.6 is 22.9 Å². The maximum Gasteiger partial charge on any atom is 0.338 e. The van der Waals surface area contributed by atoms with Crippen LogP contribution in [0.2, 0.25) is 5.02 Å². The molecule has 0 radical (unpaired) electrons. The van der Waals surface area contributed by atoms with Crippen LogP contribution in [0.25, 0.3) is 17.0 Å². The van der Waals surface area contributed by atoms with E-state index in [9.17, 15) is 9.59 Å². The second-order valence-corrected chi connectivity index (χ2v) is 12.5. The van der Waals surface area contributed by atoms with Crippen LogP contribution in [-0.4, -0.2) is 35.8 Å². The lowest BCUT2D eigenvalue weighted by Gasteiger charge is -2.25. The summed E-state index contributed by atoms with van der Waals surface area (Å²) < 4.78 is 9.90. The number of thiazole rings is 1. The van der Waals surface area contributed by atoms with Crippen molar-refractivity contribution in [2.75, 3.05) is 25.6 Å². The molecular formula is C35H33ClN4O3S. The van der Waals surface area contributed by atoms with E-state index in [2.05, 4.69) is 23.6 Å². The van der Waals surface area contributed by atoms with Crippen LogP contribution in [-0.2, 0) is 16.1 Å². The van der Waals surface area contributed by atoms with Gasteiger partial charge in [-0.05, 0) is 68.3 Å². The molecule has 1 aliphatic rings. The summed E-state index contributed by atoms with van der Waals surface area (Å²) in [6, 6.07) is 23.3. The third-order valence-corrected chi connectivity index (χ3v) is 9.29. The Morgan fingerprint density at radius 3 is 2.43 bits per heavy atom. The predicted molar refractivity (Wildman–Crippen MR) is 178 cm³/mol. The number of hydrogen-bond acceptors (Lipinski definition) is 6. The number of allylic oxidation sites excluding steroid dienone is 1. The fraction of sp³-hybridized carbons (Fsp3) is 0.229. The molecule has 2 aromatic heterocycles. The molecule has 5 aromatic rings. The number of halogens is 1. The van der Waals surface area contributed by atoms with Crippen molar-refractivity contribution in [2.45, 2.75) is 33.4 Å². The van der Waals surface area contributed by atoms with Crippen molar-refractivity contribution in [3.05, 3.63) is 131 Å². The van der Waals surface area contributed by atoms with E-state index in [0.29, 0.717) is 32.2 Å². The van der Waals surface area contributed by atoms with Crippen LogP contribution in [0.4, 0.5) is 5.69 Å². The number of anilines is 1. The lowest BCUT2D eigenvalue weighted by atomic mass is 9.95. The molecular weight excluding hydrogens is 592 g/mol. The SMILES string of the molecule is CCOC(=O)C1=C(C)N=c2s/c(=C\c3c(C)n(Cc4ccc(Cl)cc4)c4ccccc34)c(=O)n2[C@@H]1c1ccc(N(C)C)cc1. The topological polar surface area (TPSA) is 68.8 Å². The molecule has 0 bridgehead atoms. The molecule has 44 heavy (non-hydrogen) atoms. The molecule has 3 aromatic carbocycles. The maximum absolute atomic E-state index is 14.3. The van der Waals surface area contributed by atoms with Crippen LogP contribution < -0.4 is 19.8 Å². The second-order valence-electron chi connectivity index (χ2n) is 11.0. The van der Waals surface area contributed by atoms with E-state index >= 15 is 0 Å². The van der Waals surface area contributed by atoms with E-state index in [1.54, 1.807) is 18.4 Å². The average Bonchev–Trinajstić information content (AvgIpc) is 3.46. The minimum absolute atomic E-state index is 0.196. The van der Waals surface area contributed by atoms with Gasteiger partial charge >= 0.3 is 5.97 Å². The predicted octanol–water partition coefficient (Wildman–Crippen LogP) is 5.83. The van der Waals surface area contributed by atoms with Gasteiger partial charge < -0.3 is 14.2 Å². The van der Waals surface area contributed by atoms with E-state index in [1.165, 1.54) is 11.3 Å². The number of carbonyl (C=O) groups is 1. The Morgan fingerprint density at radius 1 is 1.05 bits per heavy atom. The molecule has 224 valence electrons. The van der Waals surface area contributed by atoms with E-state index in [0.717, 1.165) is 39.0 Å². The van der Waals surface area contributed by atoms with E-state index in [4.69, 9.17) is 21.3 Å². The summed E-state index contributed by atoms with van der Waals surface area (Å²) in [4.78, 5) is 34.8. The lowest BCUT2D eigenvalue weighted by molar-refractivity contribution is -0.139. The second kappa shape index (κ2) is 11.9. The third-order valence-electron chi connectivity index (χ3n) is 8.05. The summed E-state index contributed by atoms with van der Waals surface area (Å²) in [6.07, 6.45) is 1.97. The Balaban J connectivity index is 1.53. The first-order valence-corrected chi connectivity index (χ1v) is 15.7. The van der Waals surface area contributed by atoms with Crippen LogP contribution in [0, 0.1) is 6.92 Å². The van der Waals surface area contributed by atoms with Crippen molar-refractivity contribution in [2.24, 2.45) is 4.99 Å². The van der Waals surface area contributed by atoms with Crippen molar-refractivity contribution < 1.29 is 9.53 Å². The zero-order valence-corrected chi connectivity index (χ0v) is 26.9. The van der Waals surface area contributed by atoms with Crippen LogP contribution in [0.15, 0.2) is 93.9 Å². The van der Waals surface area contributed by atoms with Gasteiger partial charge in [0.15, 0.2) is 4.80 Å². The fourth-order valence-electron chi connectivity index (χ4n) is 5.81. The molecule has 1 atom stereocenters. The number of aromatic nitrogens is 2. The molecule has 0 N–H and O–H groups in total. The van der Waals surface area contributed by atoms with Crippen molar-refractivity contribution in [1.29, 1.82) is 0 Å². The highest BCUT2D eigenvalue weighted by atomic mass is 35.5. The number of fused-ring (bicyclic) bond motifs is 2. The molecule has 7 nitrogen and oxygen atoms in total. The Bertz CT molecular complexity index is 2100. The van der Waals surface area contributed by atoms with Gasteiger partial charge in [0.05, 0.1) is 28.5 Å². The van der Waals surface area contributed by atoms with Crippen LogP contribution in [0.5, 0.6) is 0 Å². The molecule has 0 unspecified atom stereocenters. The Labute approximate surface area is 264 Å². The summed E-state index contributed by atoms with van der Waals surface area (Å²) >= 11 is 7.47. The highest BCUT2D eigenvalue weighted by molar-refractivity contribution is 7.07. The minimum Gasteiger partial charge on any atom is -0.463 e. The van der Waals surface area contributed by atoms with Crippen molar-refractivity contribution in [1.82, 2.24) is 9.13 Å². The molecule has 0 aliphatic carbocycles. The molecule has 0 amide bonds. The standard InChI is InChI=1S/C35H33ClN4O3S/c1-6-43-34(42)31-21(2)37-35-40(32(31)24-13-17-26(18-14-24)38(4)5)33(41)30(44-35)19-28-22(3)39(29-10-8-7-9-27(28)29)20-23-11-15-25(36)16-12-23/h7-19,32H,6,20H2,1-5H3/b30-19-/t32-/m1/s1. The first-order chi connectivity index (χ1) is 21.2. The first-order valence-electron chi connectivity index (χ1n) is 14.5. The first kappa shape index (κ1) is 29.7. The van der Waals surface area contributed by atoms with Crippen molar-refractivity contribution in [3.8, 4) is 0 Å². The molecule has 9 heteroatoms. The van der Waals surface area contributed by atoms with Gasteiger partial charge in [-0.25, -0.2) is 9.79 Å². The highest BCUT2D eigenvalue weighted by Gasteiger charge is 2.33. The highest BCUT2D eigenvalue weighted by Crippen LogP contribution is 2.32. The number of rotatable bonds is 7. The Hall–Kier alpha value is -4.40. The van der Waals surface area contributed by atoms with E-state index in [-0.39, 0.29) is 12.2 Å². The van der Waals surface area contributed by atoms with Gasteiger partial charge in [0.1, 0.15) is 0 Å². The molecule has 0 saturated heterocycles. The Morgan fingerprint density at radius 2 is 1.75 bits per heavy atom. The summed E-state index contributed by atoms with van der Waals surface area (Å²) in [5.41, 5.74) is 6.80. The van der Waals surface area contributed by atoms with Gasteiger partial charge in [-0.15, -0.1) is 0 Å². The van der Waals surface area contributed by atoms with Gasteiger partial charge in [0.2, 0.25) is 0 Å². The maximum atomic E-state index is 14.3. The number of benzene rings is 3. The third kappa shape index (κ3) is 5.29. The smallest absolute Gasteiger partial charge is 0.338 e. The number of carbonyl (C=O) groups excluding carboxylic acids is 1. The molecule has 3 heterocycles. The minimum atomic E-state index is -0.656. The molecule has 1 aliphatic heterocycles. The molecule has 0 spiro atoms. The normalized spacial score (nSPS) is 15.0. The molecule has 0 fully saturated rings. The number of nitrogens with zero attached hydrogens (tertiary/aromatic N) is 4. The van der Waals surface area contributed by atoms with Crippen molar-refractivity contribution >= 4 is 51.6 Å². The molecule has 0 saturated carbocycles. The summed E-state index contributed by atoms with van der Waals surface area (Å²) in [6.45, 7) is 6.56. The quantitative estimate of drug-likeness (QED) is 0.214. The van der Waals surface area contributed by atoms with Gasteiger partial charge in [-0.2, -0.15) is 0 Å². The van der Waals surface area contributed by atoms with Gasteiger partial charge in [-0.3, -0.25) is 9.36 Å². The van der Waals surface area contributed by atoms with E-state index < -0.39 is 12.0 Å². The monoisotopic (exact) mass is 624 g/mol. The zero-order valence-electron chi connectivity index (χ0n) is 25.3. The fourth-order valence-corrected chi connectivity index (χ4v) is 6.96. The lowest BCUT2D eigenvalue weighted by Crippen LogP contribution is -2.40. The zero-order chi connectivity index (χ0) is 31.1. The van der Waals surface area contributed by atoms with E-state index in [1.807, 2.05) is 85.7 Å². The van der Waals surface area contributed by atoms with Gasteiger partial charge in [0, 0.05) is 53.5 Å². The largest absolute Gasteiger partial charge is 0.463 e. The summed E-state index contributed by atoms with van der Waals surface area (Å²) in [5, 5.41) is 1.76. The number of ether oxygens (including phenoxy) is 1. The Kier molecular flexibility index (Phi) is 8.05. The van der Waals surface area contributed by atoms with Crippen LogP contribution in [0.3, 0.4) is 0 Å². The van der Waals surface area contributed by atoms with Gasteiger partial charge in [0.25, 0.3) is 5.56 Å². The number of para-hydroxylation sites is 1. The summed E-state index contributed by atoms with van der Waals surface area (Å²) in [7, 11) is 3.95. The molecule has 6 rings (SSSR count). The summed E-state index contributed by atoms with van der Waals surface area (Å²) in [5.74, 6) is -0.467. The van der Waals surface area contributed by atoms with Gasteiger partial charge in [-0.1, -0.05) is 65.4 Å². The number of hydrogen-bond donors (Lipinski definition) is 0. The van der Waals surface area contributed by atoms with Crippen molar-refractivity contribution in [3.63, 3.8) is 0 Å². The average molecular weight is 625 g/mol.